The summed E-state index contributed by atoms with van der Waals surface area (Å²) < 4.78 is 48.2. The van der Waals surface area contributed by atoms with E-state index in [1.807, 2.05) is 0 Å². The van der Waals surface area contributed by atoms with Crippen molar-refractivity contribution in [2.45, 2.75) is 6.42 Å². The van der Waals surface area contributed by atoms with Crippen molar-refractivity contribution >= 4 is 42.8 Å². The molecule has 0 amide bonds. The van der Waals surface area contributed by atoms with Crippen LogP contribution in [0.3, 0.4) is 0 Å². The molecule has 6 nitrogen and oxygen atoms in total. The second kappa shape index (κ2) is 7.19. The average Bonchev–Trinajstić information content (AvgIpc) is 2.37. The first kappa shape index (κ1) is 17.9. The van der Waals surface area contributed by atoms with E-state index in [-0.39, 0.29) is 18.0 Å². The highest BCUT2D eigenvalue weighted by atomic mass is 32.2. The predicted octanol–water partition coefficient (Wildman–Crippen LogP) is 0.544. The highest BCUT2D eigenvalue weighted by molar-refractivity contribution is 7.95. The van der Waals surface area contributed by atoms with Crippen LogP contribution >= 0.6 is 12.2 Å². The lowest BCUT2D eigenvalue weighted by atomic mass is 10.3. The molecule has 0 aromatic heterocycles. The van der Waals surface area contributed by atoms with Gasteiger partial charge < -0.3 is 5.73 Å². The normalized spacial score (nSPS) is 12.0. The minimum Gasteiger partial charge on any atom is -0.393 e. The zero-order valence-corrected chi connectivity index (χ0v) is 14.0. The number of anilines is 1. The molecular weight excluding hydrogens is 332 g/mol. The highest BCUT2D eigenvalue weighted by Gasteiger charge is 2.24. The molecule has 0 fully saturated rings. The zero-order chi connectivity index (χ0) is 16.1. The first-order chi connectivity index (χ1) is 9.62. The van der Waals surface area contributed by atoms with E-state index in [9.17, 15) is 16.8 Å². The van der Waals surface area contributed by atoms with Gasteiger partial charge in [0.05, 0.1) is 22.2 Å². The topological polar surface area (TPSA) is 97.5 Å². The smallest absolute Gasteiger partial charge is 0.236 e. The third kappa shape index (κ3) is 6.40. The minimum absolute atomic E-state index is 0.0887. The van der Waals surface area contributed by atoms with E-state index in [0.717, 1.165) is 10.6 Å². The molecule has 0 spiro atoms. The molecule has 0 atom stereocenters. The Kier molecular flexibility index (Phi) is 6.11. The van der Waals surface area contributed by atoms with Crippen molar-refractivity contribution in [2.24, 2.45) is 5.73 Å². The number of hydrogen-bond acceptors (Lipinski definition) is 5. The Morgan fingerprint density at radius 1 is 1.14 bits per heavy atom. The fourth-order valence-electron chi connectivity index (χ4n) is 1.60. The summed E-state index contributed by atoms with van der Waals surface area (Å²) in [5.41, 5.74) is 5.88. The van der Waals surface area contributed by atoms with E-state index in [4.69, 9.17) is 18.0 Å². The van der Waals surface area contributed by atoms with Gasteiger partial charge in [0.2, 0.25) is 10.0 Å². The molecule has 0 saturated heterocycles. The molecule has 0 bridgehead atoms. The van der Waals surface area contributed by atoms with Gasteiger partial charge >= 0.3 is 0 Å². The number of rotatable bonds is 8. The van der Waals surface area contributed by atoms with Crippen LogP contribution < -0.4 is 10.0 Å². The van der Waals surface area contributed by atoms with Crippen LogP contribution in [0.25, 0.3) is 0 Å². The van der Waals surface area contributed by atoms with Crippen LogP contribution in [0.2, 0.25) is 0 Å². The summed E-state index contributed by atoms with van der Waals surface area (Å²) in [4.78, 5) is 0.203. The monoisotopic (exact) mass is 350 g/mol. The SMILES string of the molecule is CS(=O)(=O)CCS(=O)(=O)N(CCC(N)=S)c1ccccc1. The molecule has 0 aliphatic rings. The molecule has 2 N–H and O–H groups in total. The maximum atomic E-state index is 12.4. The molecule has 0 unspecified atom stereocenters. The zero-order valence-electron chi connectivity index (χ0n) is 11.6. The largest absolute Gasteiger partial charge is 0.393 e. The number of benzene rings is 1. The number of sulfonamides is 1. The minimum atomic E-state index is -3.77. The maximum absolute atomic E-state index is 12.4. The van der Waals surface area contributed by atoms with Crippen LogP contribution in [0.5, 0.6) is 0 Å². The predicted molar refractivity (Wildman–Crippen MR) is 88.7 cm³/mol. The van der Waals surface area contributed by atoms with Gasteiger partial charge in [-0.15, -0.1) is 0 Å². The van der Waals surface area contributed by atoms with Crippen molar-refractivity contribution in [1.82, 2.24) is 0 Å². The standard InChI is InChI=1S/C12H18N2O4S3/c1-20(15,16)9-10-21(17,18)14(8-7-12(13)19)11-5-3-2-4-6-11/h2-6H,7-10H2,1H3,(H2,13,19). The van der Waals surface area contributed by atoms with Crippen LogP contribution in [0.1, 0.15) is 6.42 Å². The number of sulfone groups is 1. The lowest BCUT2D eigenvalue weighted by molar-refractivity contribution is 0.587. The van der Waals surface area contributed by atoms with Crippen molar-refractivity contribution in [2.75, 3.05) is 28.6 Å². The van der Waals surface area contributed by atoms with E-state index in [1.165, 1.54) is 0 Å². The van der Waals surface area contributed by atoms with Crippen molar-refractivity contribution in [1.29, 1.82) is 0 Å². The number of nitrogens with two attached hydrogens (primary N) is 1. The second-order valence-electron chi connectivity index (χ2n) is 4.57. The summed E-state index contributed by atoms with van der Waals surface area (Å²) in [6.45, 7) is 0.0887. The summed E-state index contributed by atoms with van der Waals surface area (Å²) in [5.74, 6) is -0.899. The molecule has 0 radical (unpaired) electrons. The Morgan fingerprint density at radius 2 is 1.71 bits per heavy atom. The van der Waals surface area contributed by atoms with Gasteiger partial charge in [-0.2, -0.15) is 0 Å². The van der Waals surface area contributed by atoms with Crippen LogP contribution in [-0.4, -0.2) is 46.1 Å². The van der Waals surface area contributed by atoms with Crippen LogP contribution in [0.15, 0.2) is 30.3 Å². The molecule has 0 heterocycles. The quantitative estimate of drug-likeness (QED) is 0.687. The van der Waals surface area contributed by atoms with Gasteiger partial charge in [0.1, 0.15) is 9.84 Å². The van der Waals surface area contributed by atoms with Gasteiger partial charge in [0, 0.05) is 19.2 Å². The fourth-order valence-corrected chi connectivity index (χ4v) is 4.78. The molecule has 0 aliphatic heterocycles. The molecule has 1 aromatic rings. The van der Waals surface area contributed by atoms with Crippen LogP contribution in [-0.2, 0) is 19.9 Å². The van der Waals surface area contributed by atoms with Crippen molar-refractivity contribution in [3.05, 3.63) is 30.3 Å². The van der Waals surface area contributed by atoms with E-state index in [2.05, 4.69) is 0 Å². The van der Waals surface area contributed by atoms with E-state index in [1.54, 1.807) is 30.3 Å². The van der Waals surface area contributed by atoms with E-state index < -0.39 is 31.4 Å². The Morgan fingerprint density at radius 3 is 2.19 bits per heavy atom. The van der Waals surface area contributed by atoms with Gasteiger partial charge in [-0.3, -0.25) is 4.31 Å². The molecule has 21 heavy (non-hydrogen) atoms. The van der Waals surface area contributed by atoms with E-state index >= 15 is 0 Å². The summed E-state index contributed by atoms with van der Waals surface area (Å²) in [7, 11) is -7.13. The number of para-hydroxylation sites is 1. The lowest BCUT2D eigenvalue weighted by Crippen LogP contribution is -2.37. The third-order valence-corrected chi connectivity index (χ3v) is 5.85. The molecule has 1 aromatic carbocycles. The molecule has 118 valence electrons. The Labute approximate surface area is 130 Å². The molecule has 0 aliphatic carbocycles. The fraction of sp³-hybridized carbons (Fsp3) is 0.417. The number of nitrogens with zero attached hydrogens (tertiary/aromatic N) is 1. The molecule has 9 heteroatoms. The summed E-state index contributed by atoms with van der Waals surface area (Å²) in [6, 6.07) is 8.44. The highest BCUT2D eigenvalue weighted by Crippen LogP contribution is 2.18. The van der Waals surface area contributed by atoms with Crippen molar-refractivity contribution < 1.29 is 16.8 Å². The summed E-state index contributed by atoms with van der Waals surface area (Å²) in [6.07, 6.45) is 1.23. The van der Waals surface area contributed by atoms with Crippen LogP contribution in [0, 0.1) is 0 Å². The number of thiocarbonyl (C=S) groups is 1. The average molecular weight is 350 g/mol. The Balaban J connectivity index is 3.02. The Hall–Kier alpha value is -1.19. The summed E-state index contributed by atoms with van der Waals surface area (Å²) >= 11 is 4.77. The second-order valence-corrected chi connectivity index (χ2v) is 9.37. The Bertz CT molecular complexity index is 684. The lowest BCUT2D eigenvalue weighted by Gasteiger charge is -2.24. The molecule has 0 saturated carbocycles. The first-order valence-electron chi connectivity index (χ1n) is 6.13. The van der Waals surface area contributed by atoms with Gasteiger partial charge in [-0.25, -0.2) is 16.8 Å². The first-order valence-corrected chi connectivity index (χ1v) is 10.2. The number of hydrogen-bond donors (Lipinski definition) is 1. The molecular formula is C12H18N2O4S3. The van der Waals surface area contributed by atoms with E-state index in [0.29, 0.717) is 5.69 Å². The van der Waals surface area contributed by atoms with Crippen molar-refractivity contribution in [3.63, 3.8) is 0 Å². The van der Waals surface area contributed by atoms with Gasteiger partial charge in [-0.05, 0) is 12.1 Å². The maximum Gasteiger partial charge on any atom is 0.236 e. The van der Waals surface area contributed by atoms with Gasteiger partial charge in [-0.1, -0.05) is 30.4 Å². The molecule has 1 rings (SSSR count). The summed E-state index contributed by atoms with van der Waals surface area (Å²) in [5, 5.41) is 0. The van der Waals surface area contributed by atoms with Crippen molar-refractivity contribution in [3.8, 4) is 0 Å². The third-order valence-electron chi connectivity index (χ3n) is 2.65. The van der Waals surface area contributed by atoms with Gasteiger partial charge in [0.25, 0.3) is 0 Å². The van der Waals surface area contributed by atoms with Gasteiger partial charge in [0.15, 0.2) is 0 Å². The van der Waals surface area contributed by atoms with Crippen LogP contribution in [0.4, 0.5) is 5.69 Å².